The number of aromatic nitrogens is 1. The summed E-state index contributed by atoms with van der Waals surface area (Å²) in [5.41, 5.74) is 2.33. The fourth-order valence-corrected chi connectivity index (χ4v) is 4.98. The van der Waals surface area contributed by atoms with Gasteiger partial charge in [-0.15, -0.1) is 0 Å². The van der Waals surface area contributed by atoms with Crippen molar-refractivity contribution in [1.82, 2.24) is 14.8 Å². The number of hydrogen-bond acceptors (Lipinski definition) is 4. The molecule has 158 valence electrons. The van der Waals surface area contributed by atoms with Gasteiger partial charge in [-0.25, -0.2) is 0 Å². The van der Waals surface area contributed by atoms with Gasteiger partial charge in [-0.3, -0.25) is 14.4 Å². The normalized spacial score (nSPS) is 23.1. The lowest BCUT2D eigenvalue weighted by molar-refractivity contribution is -0.147. The number of hydrogen-bond donors (Lipinski definition) is 1. The van der Waals surface area contributed by atoms with Crippen LogP contribution >= 0.6 is 0 Å². The fraction of sp³-hybridized carbons (Fsp3) is 0.292. The number of esters is 1. The van der Waals surface area contributed by atoms with Crippen LogP contribution < -0.4 is 0 Å². The average molecular weight is 417 g/mol. The van der Waals surface area contributed by atoms with Gasteiger partial charge in [0.15, 0.2) is 0 Å². The highest BCUT2D eigenvalue weighted by Gasteiger charge is 2.51. The fourth-order valence-electron chi connectivity index (χ4n) is 4.98. The summed E-state index contributed by atoms with van der Waals surface area (Å²) in [5.74, 6) is -1.11. The van der Waals surface area contributed by atoms with Crippen molar-refractivity contribution in [1.29, 1.82) is 0 Å². The monoisotopic (exact) mass is 417 g/mol. The Morgan fingerprint density at radius 1 is 1.10 bits per heavy atom. The molecule has 5 rings (SSSR count). The molecule has 3 heterocycles. The Bertz CT molecular complexity index is 1160. The van der Waals surface area contributed by atoms with Gasteiger partial charge in [-0.1, -0.05) is 36.4 Å². The van der Waals surface area contributed by atoms with Crippen molar-refractivity contribution < 1.29 is 19.1 Å². The molecule has 0 spiro atoms. The van der Waals surface area contributed by atoms with Crippen LogP contribution in [-0.2, 0) is 14.3 Å². The first-order valence-electron chi connectivity index (χ1n) is 10.4. The van der Waals surface area contributed by atoms with Gasteiger partial charge in [0.1, 0.15) is 6.54 Å². The largest absolute Gasteiger partial charge is 0.469 e. The summed E-state index contributed by atoms with van der Waals surface area (Å²) in [4.78, 5) is 45.4. The highest BCUT2D eigenvalue weighted by molar-refractivity contribution is 6.00. The van der Waals surface area contributed by atoms with Crippen LogP contribution in [0.4, 0.5) is 0 Å². The molecular weight excluding hydrogens is 394 g/mol. The van der Waals surface area contributed by atoms with Gasteiger partial charge in [-0.05, 0) is 35.6 Å². The van der Waals surface area contributed by atoms with E-state index in [1.165, 1.54) is 7.11 Å². The summed E-state index contributed by atoms with van der Waals surface area (Å²) < 4.78 is 5.04. The van der Waals surface area contributed by atoms with Crippen LogP contribution in [0.2, 0.25) is 0 Å². The Hall–Kier alpha value is -3.61. The van der Waals surface area contributed by atoms with E-state index >= 15 is 0 Å². The Balaban J connectivity index is 1.43. The number of piperazine rings is 1. The van der Waals surface area contributed by atoms with Crippen LogP contribution in [0.15, 0.2) is 60.8 Å². The molecule has 3 atom stereocenters. The Morgan fingerprint density at radius 2 is 1.90 bits per heavy atom. The quantitative estimate of drug-likeness (QED) is 0.665. The number of methoxy groups -OCH3 is 1. The van der Waals surface area contributed by atoms with Crippen molar-refractivity contribution in [2.75, 3.05) is 20.2 Å². The SMILES string of the molecule is COC(=O)[C@H]1C[C@H]2CN(C(=O)c3ccc4cc[nH]c4c3)CC(=O)N2[C@H]1c1ccccc1. The van der Waals surface area contributed by atoms with E-state index in [4.69, 9.17) is 4.74 Å². The minimum absolute atomic E-state index is 0.00464. The molecule has 0 saturated carbocycles. The number of ether oxygens (including phenoxy) is 1. The molecule has 2 aliphatic heterocycles. The standard InChI is InChI=1S/C24H23N3O4/c1-31-24(30)19-12-18-13-26(23(29)17-8-7-15-9-10-25-20(15)11-17)14-21(28)27(18)22(19)16-5-3-2-4-6-16/h2-11,18-19,22,25H,12-14H2,1H3/t18-,19-,22-/m0/s1. The second-order valence-corrected chi connectivity index (χ2v) is 8.14. The third-order valence-corrected chi connectivity index (χ3v) is 6.38. The van der Waals surface area contributed by atoms with Crippen LogP contribution in [0, 0.1) is 5.92 Å². The zero-order chi connectivity index (χ0) is 21.5. The molecular formula is C24H23N3O4. The molecule has 7 heteroatoms. The van der Waals surface area contributed by atoms with Gasteiger partial charge < -0.3 is 19.5 Å². The predicted octanol–water partition coefficient (Wildman–Crippen LogP) is 2.76. The number of benzene rings is 2. The van der Waals surface area contributed by atoms with Crippen molar-refractivity contribution in [3.63, 3.8) is 0 Å². The summed E-state index contributed by atoms with van der Waals surface area (Å²) in [7, 11) is 1.37. The maximum atomic E-state index is 13.2. The lowest BCUT2D eigenvalue weighted by Crippen LogP contribution is -2.55. The Labute approximate surface area is 179 Å². The molecule has 2 saturated heterocycles. The highest BCUT2D eigenvalue weighted by Crippen LogP contribution is 2.43. The molecule has 0 bridgehead atoms. The number of nitrogens with one attached hydrogen (secondary N) is 1. The van der Waals surface area contributed by atoms with E-state index in [0.29, 0.717) is 18.5 Å². The smallest absolute Gasteiger partial charge is 0.311 e. The topological polar surface area (TPSA) is 82.7 Å². The molecule has 0 radical (unpaired) electrons. The van der Waals surface area contributed by atoms with Crippen LogP contribution in [0.3, 0.4) is 0 Å². The van der Waals surface area contributed by atoms with E-state index in [0.717, 1.165) is 16.5 Å². The second kappa shape index (κ2) is 7.58. The van der Waals surface area contributed by atoms with E-state index in [-0.39, 0.29) is 36.4 Å². The molecule has 0 unspecified atom stereocenters. The molecule has 1 aromatic heterocycles. The Morgan fingerprint density at radius 3 is 2.68 bits per heavy atom. The van der Waals surface area contributed by atoms with Gasteiger partial charge in [0, 0.05) is 23.8 Å². The number of nitrogens with zero attached hydrogens (tertiary/aromatic N) is 2. The number of aromatic amines is 1. The molecule has 0 aliphatic carbocycles. The zero-order valence-electron chi connectivity index (χ0n) is 17.2. The summed E-state index contributed by atoms with van der Waals surface area (Å²) in [6.07, 6.45) is 2.30. The highest BCUT2D eigenvalue weighted by atomic mass is 16.5. The van der Waals surface area contributed by atoms with E-state index in [1.54, 1.807) is 15.9 Å². The van der Waals surface area contributed by atoms with Crippen molar-refractivity contribution in [2.24, 2.45) is 5.92 Å². The van der Waals surface area contributed by atoms with E-state index in [2.05, 4.69) is 4.98 Å². The summed E-state index contributed by atoms with van der Waals surface area (Å²) >= 11 is 0. The maximum Gasteiger partial charge on any atom is 0.311 e. The van der Waals surface area contributed by atoms with Crippen molar-refractivity contribution in [3.8, 4) is 0 Å². The number of amides is 2. The van der Waals surface area contributed by atoms with E-state index < -0.39 is 5.92 Å². The third-order valence-electron chi connectivity index (χ3n) is 6.38. The number of carbonyl (C=O) groups is 3. The first-order chi connectivity index (χ1) is 15.1. The second-order valence-electron chi connectivity index (χ2n) is 8.14. The summed E-state index contributed by atoms with van der Waals surface area (Å²) in [6.45, 7) is 0.388. The van der Waals surface area contributed by atoms with Crippen LogP contribution in [0.1, 0.15) is 28.4 Å². The van der Waals surface area contributed by atoms with Crippen molar-refractivity contribution in [2.45, 2.75) is 18.5 Å². The lowest BCUT2D eigenvalue weighted by atomic mass is 9.93. The molecule has 2 amide bonds. The lowest BCUT2D eigenvalue weighted by Gasteiger charge is -2.40. The third kappa shape index (κ3) is 3.26. The minimum atomic E-state index is -0.452. The molecule has 2 fully saturated rings. The van der Waals surface area contributed by atoms with E-state index in [1.807, 2.05) is 54.7 Å². The number of rotatable bonds is 3. The molecule has 2 aliphatic rings. The first kappa shape index (κ1) is 19.4. The van der Waals surface area contributed by atoms with Crippen LogP contribution in [0.25, 0.3) is 10.9 Å². The predicted molar refractivity (Wildman–Crippen MR) is 114 cm³/mol. The van der Waals surface area contributed by atoms with E-state index in [9.17, 15) is 14.4 Å². The van der Waals surface area contributed by atoms with Gasteiger partial charge in [0.25, 0.3) is 5.91 Å². The Kier molecular flexibility index (Phi) is 4.73. The van der Waals surface area contributed by atoms with Gasteiger partial charge in [0.05, 0.1) is 25.1 Å². The van der Waals surface area contributed by atoms with Crippen molar-refractivity contribution in [3.05, 3.63) is 71.9 Å². The minimum Gasteiger partial charge on any atom is -0.469 e. The average Bonchev–Trinajstić information content (AvgIpc) is 3.43. The summed E-state index contributed by atoms with van der Waals surface area (Å²) in [5, 5.41) is 1.03. The van der Waals surface area contributed by atoms with Crippen LogP contribution in [0.5, 0.6) is 0 Å². The maximum absolute atomic E-state index is 13.2. The molecule has 31 heavy (non-hydrogen) atoms. The van der Waals surface area contributed by atoms with Crippen molar-refractivity contribution >= 4 is 28.7 Å². The molecule has 7 nitrogen and oxygen atoms in total. The summed E-state index contributed by atoms with van der Waals surface area (Å²) in [6, 6.07) is 16.4. The number of H-pyrrole nitrogens is 1. The molecule has 1 N–H and O–H groups in total. The van der Waals surface area contributed by atoms with Gasteiger partial charge in [-0.2, -0.15) is 0 Å². The zero-order valence-corrected chi connectivity index (χ0v) is 17.2. The molecule has 2 aromatic carbocycles. The van der Waals surface area contributed by atoms with Gasteiger partial charge >= 0.3 is 5.97 Å². The van der Waals surface area contributed by atoms with Gasteiger partial charge in [0.2, 0.25) is 5.91 Å². The first-order valence-corrected chi connectivity index (χ1v) is 10.4. The van der Waals surface area contributed by atoms with Crippen LogP contribution in [-0.4, -0.2) is 58.8 Å². The number of fused-ring (bicyclic) bond motifs is 2. The number of carbonyl (C=O) groups excluding carboxylic acids is 3. The molecule has 3 aromatic rings.